The fourth-order valence-electron chi connectivity index (χ4n) is 1.58. The average molecular weight is 298 g/mol. The lowest BCUT2D eigenvalue weighted by Crippen LogP contribution is -2.31. The van der Waals surface area contributed by atoms with Crippen molar-refractivity contribution in [1.29, 1.82) is 0 Å². The van der Waals surface area contributed by atoms with Crippen LogP contribution in [0.3, 0.4) is 0 Å². The quantitative estimate of drug-likeness (QED) is 0.836. The highest BCUT2D eigenvalue weighted by Crippen LogP contribution is 2.30. The van der Waals surface area contributed by atoms with Crippen LogP contribution in [0.1, 0.15) is 12.8 Å². The molecular formula is C13H16BrNO2. The Hall–Kier alpha value is -1.03. The number of ether oxygens (including phenoxy) is 1. The molecule has 92 valence electrons. The Morgan fingerprint density at radius 3 is 2.65 bits per heavy atom. The van der Waals surface area contributed by atoms with Gasteiger partial charge in [-0.05, 0) is 37.1 Å². The molecule has 0 atom stereocenters. The first-order valence-corrected chi connectivity index (χ1v) is 6.59. The van der Waals surface area contributed by atoms with E-state index in [-0.39, 0.29) is 11.8 Å². The lowest BCUT2D eigenvalue weighted by Gasteiger charge is -2.17. The highest BCUT2D eigenvalue weighted by atomic mass is 79.9. The minimum Gasteiger partial charge on any atom is -0.492 e. The Morgan fingerprint density at radius 1 is 1.41 bits per heavy atom. The van der Waals surface area contributed by atoms with E-state index in [1.807, 2.05) is 31.3 Å². The van der Waals surface area contributed by atoms with Crippen LogP contribution in [0.5, 0.6) is 5.75 Å². The lowest BCUT2D eigenvalue weighted by atomic mass is 10.3. The summed E-state index contributed by atoms with van der Waals surface area (Å²) in [5.41, 5.74) is 0. The van der Waals surface area contributed by atoms with Crippen LogP contribution in [0.15, 0.2) is 28.7 Å². The minimum atomic E-state index is 0.254. The van der Waals surface area contributed by atoms with Crippen LogP contribution in [0, 0.1) is 5.92 Å². The molecule has 1 saturated carbocycles. The first kappa shape index (κ1) is 12.4. The molecule has 4 heteroatoms. The SMILES string of the molecule is CN(CCOc1ccc(Br)cc1)C(=O)C1CC1. The first-order valence-electron chi connectivity index (χ1n) is 5.80. The number of nitrogens with zero attached hydrogens (tertiary/aromatic N) is 1. The molecule has 0 bridgehead atoms. The molecule has 0 spiro atoms. The summed E-state index contributed by atoms with van der Waals surface area (Å²) in [5, 5.41) is 0. The Morgan fingerprint density at radius 2 is 2.06 bits per heavy atom. The summed E-state index contributed by atoms with van der Waals surface area (Å²) in [5.74, 6) is 1.37. The zero-order valence-corrected chi connectivity index (χ0v) is 11.4. The van der Waals surface area contributed by atoms with Gasteiger partial charge < -0.3 is 9.64 Å². The number of amides is 1. The highest BCUT2D eigenvalue weighted by molar-refractivity contribution is 9.10. The predicted octanol–water partition coefficient (Wildman–Crippen LogP) is 2.70. The van der Waals surface area contributed by atoms with E-state index >= 15 is 0 Å². The van der Waals surface area contributed by atoms with Gasteiger partial charge in [-0.2, -0.15) is 0 Å². The smallest absolute Gasteiger partial charge is 0.225 e. The van der Waals surface area contributed by atoms with Gasteiger partial charge in [0.1, 0.15) is 12.4 Å². The molecule has 2 rings (SSSR count). The van der Waals surface area contributed by atoms with Gasteiger partial charge in [0.2, 0.25) is 5.91 Å². The minimum absolute atomic E-state index is 0.254. The maximum absolute atomic E-state index is 11.7. The van der Waals surface area contributed by atoms with Crippen molar-refractivity contribution >= 4 is 21.8 Å². The number of benzene rings is 1. The van der Waals surface area contributed by atoms with Crippen molar-refractivity contribution in [1.82, 2.24) is 4.90 Å². The molecule has 1 amide bonds. The predicted molar refractivity (Wildman–Crippen MR) is 70.0 cm³/mol. The number of hydrogen-bond donors (Lipinski definition) is 0. The number of likely N-dealkylation sites (N-methyl/N-ethyl adjacent to an activating group) is 1. The monoisotopic (exact) mass is 297 g/mol. The normalized spacial score (nSPS) is 14.5. The van der Waals surface area contributed by atoms with Crippen LogP contribution in [-0.4, -0.2) is 31.0 Å². The number of halogens is 1. The third kappa shape index (κ3) is 3.73. The summed E-state index contributed by atoms with van der Waals surface area (Å²) in [4.78, 5) is 13.4. The van der Waals surface area contributed by atoms with E-state index in [9.17, 15) is 4.79 Å². The average Bonchev–Trinajstić information content (AvgIpc) is 3.14. The van der Waals surface area contributed by atoms with Crippen molar-refractivity contribution in [3.8, 4) is 5.75 Å². The van der Waals surface area contributed by atoms with Gasteiger partial charge in [0.25, 0.3) is 0 Å². The molecule has 1 aromatic rings. The number of rotatable bonds is 5. The summed E-state index contributed by atoms with van der Waals surface area (Å²) >= 11 is 3.37. The molecule has 17 heavy (non-hydrogen) atoms. The maximum Gasteiger partial charge on any atom is 0.225 e. The van der Waals surface area contributed by atoms with E-state index in [1.54, 1.807) is 4.90 Å². The summed E-state index contributed by atoms with van der Waals surface area (Å²) in [6, 6.07) is 7.70. The first-order chi connectivity index (χ1) is 8.16. The highest BCUT2D eigenvalue weighted by Gasteiger charge is 2.31. The largest absolute Gasteiger partial charge is 0.492 e. The van der Waals surface area contributed by atoms with Gasteiger partial charge in [-0.1, -0.05) is 15.9 Å². The van der Waals surface area contributed by atoms with Crippen LogP contribution in [0.2, 0.25) is 0 Å². The van der Waals surface area contributed by atoms with Gasteiger partial charge in [-0.15, -0.1) is 0 Å². The van der Waals surface area contributed by atoms with Crippen molar-refractivity contribution < 1.29 is 9.53 Å². The van der Waals surface area contributed by atoms with E-state index in [2.05, 4.69) is 15.9 Å². The number of hydrogen-bond acceptors (Lipinski definition) is 2. The van der Waals surface area contributed by atoms with Crippen molar-refractivity contribution in [3.05, 3.63) is 28.7 Å². The van der Waals surface area contributed by atoms with E-state index < -0.39 is 0 Å². The molecular weight excluding hydrogens is 282 g/mol. The second-order valence-electron chi connectivity index (χ2n) is 4.34. The van der Waals surface area contributed by atoms with E-state index in [0.717, 1.165) is 23.1 Å². The molecule has 0 N–H and O–H groups in total. The van der Waals surface area contributed by atoms with Gasteiger partial charge in [0, 0.05) is 17.4 Å². The summed E-state index contributed by atoms with van der Waals surface area (Å²) in [6.07, 6.45) is 2.10. The molecule has 0 unspecified atom stereocenters. The molecule has 0 aromatic heterocycles. The Bertz CT molecular complexity index is 387. The van der Waals surface area contributed by atoms with Crippen LogP contribution in [-0.2, 0) is 4.79 Å². The molecule has 0 aliphatic heterocycles. The zero-order chi connectivity index (χ0) is 12.3. The van der Waals surface area contributed by atoms with Gasteiger partial charge in [-0.25, -0.2) is 0 Å². The lowest BCUT2D eigenvalue weighted by molar-refractivity contribution is -0.131. The number of carbonyl (C=O) groups excluding carboxylic acids is 1. The third-order valence-electron chi connectivity index (χ3n) is 2.81. The Labute approximate surface area is 110 Å². The number of carbonyl (C=O) groups is 1. The van der Waals surface area contributed by atoms with Gasteiger partial charge >= 0.3 is 0 Å². The van der Waals surface area contributed by atoms with E-state index in [0.29, 0.717) is 13.2 Å². The zero-order valence-electron chi connectivity index (χ0n) is 9.86. The van der Waals surface area contributed by atoms with Crippen molar-refractivity contribution in [2.75, 3.05) is 20.2 Å². The van der Waals surface area contributed by atoms with Gasteiger partial charge in [0.15, 0.2) is 0 Å². The fraction of sp³-hybridized carbons (Fsp3) is 0.462. The molecule has 0 saturated heterocycles. The van der Waals surface area contributed by atoms with Gasteiger partial charge in [-0.3, -0.25) is 4.79 Å². The van der Waals surface area contributed by atoms with Crippen molar-refractivity contribution in [2.45, 2.75) is 12.8 Å². The van der Waals surface area contributed by atoms with Crippen LogP contribution < -0.4 is 4.74 Å². The molecule has 1 aliphatic carbocycles. The third-order valence-corrected chi connectivity index (χ3v) is 3.34. The van der Waals surface area contributed by atoms with Gasteiger partial charge in [0.05, 0.1) is 6.54 Å². The molecule has 1 aliphatic rings. The second-order valence-corrected chi connectivity index (χ2v) is 5.25. The molecule has 0 heterocycles. The summed E-state index contributed by atoms with van der Waals surface area (Å²) < 4.78 is 6.60. The van der Waals surface area contributed by atoms with Crippen molar-refractivity contribution in [2.24, 2.45) is 5.92 Å². The Balaban J connectivity index is 1.71. The van der Waals surface area contributed by atoms with Crippen LogP contribution >= 0.6 is 15.9 Å². The Kier molecular flexibility index (Phi) is 4.05. The second kappa shape index (κ2) is 5.54. The molecule has 1 aromatic carbocycles. The summed E-state index contributed by atoms with van der Waals surface area (Å²) in [7, 11) is 1.84. The molecule has 0 radical (unpaired) electrons. The maximum atomic E-state index is 11.7. The topological polar surface area (TPSA) is 29.5 Å². The van der Waals surface area contributed by atoms with Crippen LogP contribution in [0.25, 0.3) is 0 Å². The van der Waals surface area contributed by atoms with E-state index in [4.69, 9.17) is 4.74 Å². The fourth-order valence-corrected chi connectivity index (χ4v) is 1.85. The van der Waals surface area contributed by atoms with E-state index in [1.165, 1.54) is 0 Å². The molecule has 3 nitrogen and oxygen atoms in total. The molecule has 1 fully saturated rings. The van der Waals surface area contributed by atoms with Crippen LogP contribution in [0.4, 0.5) is 0 Å². The van der Waals surface area contributed by atoms with Crippen molar-refractivity contribution in [3.63, 3.8) is 0 Å². The summed E-state index contributed by atoms with van der Waals surface area (Å²) in [6.45, 7) is 1.18. The standard InChI is InChI=1S/C13H16BrNO2/c1-15(13(16)10-2-3-10)8-9-17-12-6-4-11(14)5-7-12/h4-7,10H,2-3,8-9H2,1H3.